The lowest BCUT2D eigenvalue weighted by atomic mass is 10.1. The summed E-state index contributed by atoms with van der Waals surface area (Å²) in [5.41, 5.74) is 0. The van der Waals surface area contributed by atoms with Crippen LogP contribution in [0.4, 0.5) is 0 Å². The number of hydrogen-bond donors (Lipinski definition) is 3. The zero-order chi connectivity index (χ0) is 10.0. The van der Waals surface area contributed by atoms with E-state index in [1.54, 1.807) is 0 Å². The van der Waals surface area contributed by atoms with E-state index >= 15 is 0 Å². The van der Waals surface area contributed by atoms with Crippen molar-refractivity contribution < 1.29 is 24.8 Å². The number of rotatable bonds is 3. The van der Waals surface area contributed by atoms with Gasteiger partial charge in [0.25, 0.3) is 0 Å². The van der Waals surface area contributed by atoms with Crippen LogP contribution < -0.4 is 0 Å². The lowest BCUT2D eigenvalue weighted by Crippen LogP contribution is -2.38. The molecule has 0 spiro atoms. The summed E-state index contributed by atoms with van der Waals surface area (Å²) in [4.78, 5) is 0. The molecule has 1 fully saturated rings. The van der Waals surface area contributed by atoms with E-state index in [0.717, 1.165) is 0 Å². The molecule has 13 heavy (non-hydrogen) atoms. The number of aliphatic hydroxyl groups is 3. The zero-order valence-electron chi connectivity index (χ0n) is 7.13. The molecular weight excluding hydrogens is 200 g/mol. The predicted molar refractivity (Wildman–Crippen MR) is 44.4 cm³/mol. The molecule has 1 aliphatic heterocycles. The van der Waals surface area contributed by atoms with Gasteiger partial charge in [-0.2, -0.15) is 0 Å². The van der Waals surface area contributed by atoms with Gasteiger partial charge in [0.15, 0.2) is 6.29 Å². The Kier molecular flexibility index (Phi) is 3.90. The first-order valence-corrected chi connectivity index (χ1v) is 4.34. The summed E-state index contributed by atoms with van der Waals surface area (Å²) in [5.74, 6) is 0. The van der Waals surface area contributed by atoms with Crippen LogP contribution in [0.1, 0.15) is 0 Å². The molecule has 0 radical (unpaired) electrons. The first kappa shape index (κ1) is 11.2. The molecule has 5 atom stereocenters. The Hall–Kier alpha value is 0.0900. The highest BCUT2D eigenvalue weighted by molar-refractivity contribution is 6.21. The molecule has 5 nitrogen and oxygen atoms in total. The minimum atomic E-state index is -1.13. The molecule has 1 saturated heterocycles. The summed E-state index contributed by atoms with van der Waals surface area (Å²) in [6.07, 6.45) is -3.93. The van der Waals surface area contributed by atoms with E-state index < -0.39 is 30.0 Å². The van der Waals surface area contributed by atoms with E-state index in [0.29, 0.717) is 0 Å². The highest BCUT2D eigenvalue weighted by atomic mass is 35.5. The molecule has 0 saturated carbocycles. The third-order valence-corrected chi connectivity index (χ3v) is 2.41. The molecule has 0 bridgehead atoms. The molecule has 1 rings (SSSR count). The summed E-state index contributed by atoms with van der Waals surface area (Å²) < 4.78 is 9.82. The normalized spacial score (nSPS) is 42.2. The van der Waals surface area contributed by atoms with Gasteiger partial charge in [-0.05, 0) is 0 Å². The van der Waals surface area contributed by atoms with Gasteiger partial charge in [0.05, 0.1) is 12.0 Å². The maximum Gasteiger partial charge on any atom is 0.186 e. The number of halogens is 1. The SMILES string of the molecule is CO[C@H]1O[C@H]([C@H](Cl)CO)[C@H](O)[C@@H]1O. The Morgan fingerprint density at radius 2 is 2.08 bits per heavy atom. The number of alkyl halides is 1. The largest absolute Gasteiger partial charge is 0.395 e. The van der Waals surface area contributed by atoms with Crippen molar-refractivity contribution in [3.63, 3.8) is 0 Å². The topological polar surface area (TPSA) is 79.2 Å². The molecule has 0 aromatic rings. The maximum atomic E-state index is 9.41. The van der Waals surface area contributed by atoms with E-state index in [2.05, 4.69) is 0 Å². The Morgan fingerprint density at radius 3 is 2.46 bits per heavy atom. The number of hydrogen-bond acceptors (Lipinski definition) is 5. The summed E-state index contributed by atoms with van der Waals surface area (Å²) in [6, 6.07) is 0. The van der Waals surface area contributed by atoms with Crippen molar-refractivity contribution in [2.45, 2.75) is 30.0 Å². The van der Waals surface area contributed by atoms with Gasteiger partial charge in [-0.15, -0.1) is 11.6 Å². The van der Waals surface area contributed by atoms with Crippen molar-refractivity contribution in [1.82, 2.24) is 0 Å². The van der Waals surface area contributed by atoms with Gasteiger partial charge in [0.1, 0.15) is 18.3 Å². The molecule has 1 heterocycles. The fraction of sp³-hybridized carbons (Fsp3) is 1.00. The van der Waals surface area contributed by atoms with Gasteiger partial charge in [-0.25, -0.2) is 0 Å². The lowest BCUT2D eigenvalue weighted by Gasteiger charge is -2.17. The second-order valence-electron chi connectivity index (χ2n) is 2.88. The van der Waals surface area contributed by atoms with Crippen LogP contribution >= 0.6 is 11.6 Å². The van der Waals surface area contributed by atoms with Crippen molar-refractivity contribution >= 4 is 11.6 Å². The van der Waals surface area contributed by atoms with Crippen molar-refractivity contribution in [3.05, 3.63) is 0 Å². The Labute approximate surface area is 80.8 Å². The van der Waals surface area contributed by atoms with Gasteiger partial charge < -0.3 is 24.8 Å². The molecule has 3 N–H and O–H groups in total. The molecule has 78 valence electrons. The average Bonchev–Trinajstić information content (AvgIpc) is 2.43. The van der Waals surface area contributed by atoms with Crippen molar-refractivity contribution in [2.75, 3.05) is 13.7 Å². The third-order valence-electron chi connectivity index (χ3n) is 2.02. The van der Waals surface area contributed by atoms with Gasteiger partial charge >= 0.3 is 0 Å². The molecule has 0 unspecified atom stereocenters. The maximum absolute atomic E-state index is 9.41. The van der Waals surface area contributed by atoms with Crippen molar-refractivity contribution in [2.24, 2.45) is 0 Å². The molecule has 0 amide bonds. The smallest absolute Gasteiger partial charge is 0.186 e. The fourth-order valence-electron chi connectivity index (χ4n) is 1.27. The minimum absolute atomic E-state index is 0.327. The van der Waals surface area contributed by atoms with E-state index in [-0.39, 0.29) is 6.61 Å². The number of methoxy groups -OCH3 is 1. The molecule has 6 heteroatoms. The molecule has 1 aliphatic rings. The third kappa shape index (κ3) is 2.12. The number of ether oxygens (including phenoxy) is 2. The van der Waals surface area contributed by atoms with Gasteiger partial charge in [0, 0.05) is 7.11 Å². The molecule has 0 aromatic heterocycles. The van der Waals surface area contributed by atoms with Crippen LogP contribution in [0, 0.1) is 0 Å². The van der Waals surface area contributed by atoms with Gasteiger partial charge in [-0.1, -0.05) is 0 Å². The predicted octanol–water partition coefficient (Wildman–Crippen LogP) is -1.32. The summed E-state index contributed by atoms with van der Waals surface area (Å²) in [5, 5.41) is 26.7. The quantitative estimate of drug-likeness (QED) is 0.506. The Bertz CT molecular complexity index is 167. The molecule has 0 aliphatic carbocycles. The van der Waals surface area contributed by atoms with E-state index in [9.17, 15) is 10.2 Å². The van der Waals surface area contributed by atoms with Crippen LogP contribution in [0.3, 0.4) is 0 Å². The van der Waals surface area contributed by atoms with Crippen LogP contribution in [0.15, 0.2) is 0 Å². The first-order chi connectivity index (χ1) is 6.11. The standard InChI is InChI=1S/C7H13ClO5/c1-12-7-5(11)4(10)6(13-7)3(8)2-9/h3-7,9-11H,2H2,1H3/t3-,4-,5+,6-,7+/m1/s1. The van der Waals surface area contributed by atoms with E-state index in [4.69, 9.17) is 26.2 Å². The first-order valence-electron chi connectivity index (χ1n) is 3.91. The lowest BCUT2D eigenvalue weighted by molar-refractivity contribution is -0.149. The summed E-state index contributed by atoms with van der Waals surface area (Å²) >= 11 is 5.65. The zero-order valence-corrected chi connectivity index (χ0v) is 7.89. The monoisotopic (exact) mass is 212 g/mol. The summed E-state index contributed by atoms with van der Waals surface area (Å²) in [6.45, 7) is -0.327. The van der Waals surface area contributed by atoms with Gasteiger partial charge in [-0.3, -0.25) is 0 Å². The Morgan fingerprint density at radius 1 is 1.46 bits per heavy atom. The van der Waals surface area contributed by atoms with Crippen LogP contribution in [-0.4, -0.2) is 59.0 Å². The fourth-order valence-corrected chi connectivity index (χ4v) is 1.48. The Balaban J connectivity index is 2.60. The van der Waals surface area contributed by atoms with Crippen molar-refractivity contribution in [3.8, 4) is 0 Å². The van der Waals surface area contributed by atoms with Crippen LogP contribution in [0.5, 0.6) is 0 Å². The highest BCUT2D eigenvalue weighted by Crippen LogP contribution is 2.26. The highest BCUT2D eigenvalue weighted by Gasteiger charge is 2.45. The molecule has 0 aromatic carbocycles. The summed E-state index contributed by atoms with van der Waals surface area (Å²) in [7, 11) is 1.35. The van der Waals surface area contributed by atoms with E-state index in [1.165, 1.54) is 7.11 Å². The minimum Gasteiger partial charge on any atom is -0.395 e. The van der Waals surface area contributed by atoms with E-state index in [1.807, 2.05) is 0 Å². The van der Waals surface area contributed by atoms with Gasteiger partial charge in [0.2, 0.25) is 0 Å². The second-order valence-corrected chi connectivity index (χ2v) is 3.45. The van der Waals surface area contributed by atoms with Crippen LogP contribution in [-0.2, 0) is 9.47 Å². The average molecular weight is 213 g/mol. The number of aliphatic hydroxyl groups excluding tert-OH is 3. The second kappa shape index (κ2) is 4.54. The van der Waals surface area contributed by atoms with Crippen molar-refractivity contribution in [1.29, 1.82) is 0 Å². The van der Waals surface area contributed by atoms with Crippen LogP contribution in [0.25, 0.3) is 0 Å². The molecular formula is C7H13ClO5. The van der Waals surface area contributed by atoms with Crippen LogP contribution in [0.2, 0.25) is 0 Å².